The van der Waals surface area contributed by atoms with E-state index in [1.807, 2.05) is 0 Å². The Morgan fingerprint density at radius 3 is 2.38 bits per heavy atom. The van der Waals surface area contributed by atoms with E-state index in [2.05, 4.69) is 19.0 Å². The first-order valence-corrected chi connectivity index (χ1v) is 12.7. The van der Waals surface area contributed by atoms with Crippen LogP contribution in [0.25, 0.3) is 0 Å². The van der Waals surface area contributed by atoms with Crippen LogP contribution in [-0.2, 0) is 10.0 Å². The van der Waals surface area contributed by atoms with Crippen molar-refractivity contribution in [3.8, 4) is 0 Å². The zero-order valence-electron chi connectivity index (χ0n) is 17.0. The standard InChI is InChI=1S/C20H19Cl2N5O3S2.H2/c1-13-23-20(31-24-13)25-32(29,30)16-5-3-15(4-6-16)26-8-10-27(11-9-26)19(28)17-7-2-14(21)12-18(17)22;/h2-7,12H,8-11H2,1H3,(H,23,24,25);1H. The minimum absolute atomic E-state index is 0. The topological polar surface area (TPSA) is 95.5 Å². The molecule has 1 amide bonds. The lowest BCUT2D eigenvalue weighted by atomic mass is 10.1. The highest BCUT2D eigenvalue weighted by atomic mass is 35.5. The Labute approximate surface area is 201 Å². The molecule has 0 saturated carbocycles. The number of nitrogens with zero attached hydrogens (tertiary/aromatic N) is 4. The molecule has 0 spiro atoms. The quantitative estimate of drug-likeness (QED) is 0.550. The number of carbonyl (C=O) groups is 1. The van der Waals surface area contributed by atoms with Crippen LogP contribution in [0.1, 0.15) is 17.6 Å². The van der Waals surface area contributed by atoms with Gasteiger partial charge in [-0.1, -0.05) is 23.2 Å². The third-order valence-electron chi connectivity index (χ3n) is 4.99. The Hall–Kier alpha value is -2.40. The summed E-state index contributed by atoms with van der Waals surface area (Å²) in [6, 6.07) is 11.5. The largest absolute Gasteiger partial charge is 0.368 e. The van der Waals surface area contributed by atoms with E-state index in [4.69, 9.17) is 23.2 Å². The van der Waals surface area contributed by atoms with Gasteiger partial charge in [0.05, 0.1) is 15.5 Å². The number of aryl methyl sites for hydroxylation is 1. The average molecular weight is 514 g/mol. The smallest absolute Gasteiger partial charge is 0.263 e. The van der Waals surface area contributed by atoms with Crippen LogP contribution in [0, 0.1) is 6.92 Å². The summed E-state index contributed by atoms with van der Waals surface area (Å²) in [6.07, 6.45) is 0. The molecule has 1 aliphatic rings. The van der Waals surface area contributed by atoms with Gasteiger partial charge in [-0.3, -0.25) is 9.52 Å². The highest BCUT2D eigenvalue weighted by molar-refractivity contribution is 7.93. The first kappa shape index (κ1) is 22.8. The van der Waals surface area contributed by atoms with Gasteiger partial charge in [0.15, 0.2) is 0 Å². The molecule has 8 nitrogen and oxygen atoms in total. The second kappa shape index (κ2) is 9.22. The molecule has 2 aromatic carbocycles. The van der Waals surface area contributed by atoms with E-state index >= 15 is 0 Å². The number of sulfonamides is 1. The molecular formula is C20H21Cl2N5O3S2. The van der Waals surface area contributed by atoms with Crippen molar-refractivity contribution < 1.29 is 14.6 Å². The van der Waals surface area contributed by atoms with Gasteiger partial charge in [-0.25, -0.2) is 13.4 Å². The highest BCUT2D eigenvalue weighted by Crippen LogP contribution is 2.25. The lowest BCUT2D eigenvalue weighted by Gasteiger charge is -2.36. The normalized spacial score (nSPS) is 14.5. The van der Waals surface area contributed by atoms with Gasteiger partial charge in [0.1, 0.15) is 5.82 Å². The molecule has 1 fully saturated rings. The van der Waals surface area contributed by atoms with Crippen LogP contribution in [0.3, 0.4) is 0 Å². The minimum Gasteiger partial charge on any atom is -0.368 e. The molecule has 2 heterocycles. The Bertz CT molecular complexity index is 1250. The van der Waals surface area contributed by atoms with Gasteiger partial charge in [0.2, 0.25) is 5.13 Å². The van der Waals surface area contributed by atoms with Gasteiger partial charge >= 0.3 is 0 Å². The number of anilines is 2. The van der Waals surface area contributed by atoms with E-state index in [-0.39, 0.29) is 17.4 Å². The third-order valence-corrected chi connectivity index (χ3v) is 7.74. The molecule has 1 saturated heterocycles. The summed E-state index contributed by atoms with van der Waals surface area (Å²) in [4.78, 5) is 20.8. The van der Waals surface area contributed by atoms with Gasteiger partial charge in [-0.2, -0.15) is 4.37 Å². The molecular weight excluding hydrogens is 493 g/mol. The molecule has 32 heavy (non-hydrogen) atoms. The number of halogens is 2. The van der Waals surface area contributed by atoms with Gasteiger partial charge in [-0.15, -0.1) is 0 Å². The van der Waals surface area contributed by atoms with Crippen molar-refractivity contribution in [1.82, 2.24) is 14.3 Å². The van der Waals surface area contributed by atoms with Crippen LogP contribution in [-0.4, -0.2) is 54.8 Å². The number of benzene rings is 2. The lowest BCUT2D eigenvalue weighted by molar-refractivity contribution is 0.0747. The number of hydrogen-bond acceptors (Lipinski definition) is 7. The fraction of sp³-hybridized carbons (Fsp3) is 0.250. The summed E-state index contributed by atoms with van der Waals surface area (Å²) < 4.78 is 31.5. The highest BCUT2D eigenvalue weighted by Gasteiger charge is 2.24. The number of piperazine rings is 1. The van der Waals surface area contributed by atoms with E-state index in [1.165, 1.54) is 0 Å². The number of nitrogens with one attached hydrogen (secondary N) is 1. The Balaban J connectivity index is 0.00000306. The molecule has 3 aromatic rings. The molecule has 0 unspecified atom stereocenters. The molecule has 0 atom stereocenters. The van der Waals surface area contributed by atoms with Crippen LogP contribution in [0.5, 0.6) is 0 Å². The molecule has 12 heteroatoms. The minimum atomic E-state index is -3.74. The van der Waals surface area contributed by atoms with Gasteiger partial charge < -0.3 is 9.80 Å². The average Bonchev–Trinajstić information content (AvgIpc) is 3.17. The first-order valence-electron chi connectivity index (χ1n) is 9.65. The number of aromatic nitrogens is 2. The van der Waals surface area contributed by atoms with E-state index in [0.29, 0.717) is 47.6 Å². The van der Waals surface area contributed by atoms with E-state index in [9.17, 15) is 13.2 Å². The second-order valence-electron chi connectivity index (χ2n) is 7.15. The Morgan fingerprint density at radius 1 is 1.09 bits per heavy atom. The summed E-state index contributed by atoms with van der Waals surface area (Å²) in [6.45, 7) is 3.97. The second-order valence-corrected chi connectivity index (χ2v) is 10.4. The summed E-state index contributed by atoms with van der Waals surface area (Å²) in [7, 11) is -3.74. The molecule has 4 rings (SSSR count). The van der Waals surface area contributed by atoms with E-state index in [0.717, 1.165) is 17.2 Å². The van der Waals surface area contributed by atoms with Crippen molar-refractivity contribution in [3.63, 3.8) is 0 Å². The zero-order chi connectivity index (χ0) is 22.9. The van der Waals surface area contributed by atoms with Crippen molar-refractivity contribution in [1.29, 1.82) is 0 Å². The van der Waals surface area contributed by atoms with Crippen LogP contribution in [0.2, 0.25) is 10.0 Å². The fourth-order valence-corrected chi connectivity index (χ4v) is 5.64. The van der Waals surface area contributed by atoms with Crippen molar-refractivity contribution in [2.45, 2.75) is 11.8 Å². The van der Waals surface area contributed by atoms with Gasteiger partial charge in [0.25, 0.3) is 15.9 Å². The molecule has 1 aliphatic heterocycles. The van der Waals surface area contributed by atoms with Crippen LogP contribution < -0.4 is 9.62 Å². The van der Waals surface area contributed by atoms with Crippen molar-refractivity contribution >= 4 is 61.5 Å². The number of hydrogen-bond donors (Lipinski definition) is 1. The first-order chi connectivity index (χ1) is 15.2. The Morgan fingerprint density at radius 2 is 1.78 bits per heavy atom. The molecule has 1 N–H and O–H groups in total. The molecule has 0 radical (unpaired) electrons. The maximum Gasteiger partial charge on any atom is 0.263 e. The predicted molar refractivity (Wildman–Crippen MR) is 129 cm³/mol. The number of carbonyl (C=O) groups excluding carboxylic acids is 1. The molecule has 1 aromatic heterocycles. The summed E-state index contributed by atoms with van der Waals surface area (Å²) >= 11 is 13.1. The zero-order valence-corrected chi connectivity index (χ0v) is 20.1. The molecule has 0 aliphatic carbocycles. The third kappa shape index (κ3) is 4.98. The van der Waals surface area contributed by atoms with Crippen LogP contribution in [0.15, 0.2) is 47.4 Å². The predicted octanol–water partition coefficient (Wildman–Crippen LogP) is 4.16. The van der Waals surface area contributed by atoms with E-state index < -0.39 is 10.0 Å². The summed E-state index contributed by atoms with van der Waals surface area (Å²) in [5.41, 5.74) is 1.31. The number of amides is 1. The maximum atomic E-state index is 12.8. The number of rotatable bonds is 5. The summed E-state index contributed by atoms with van der Waals surface area (Å²) in [5, 5.41) is 1.04. The lowest BCUT2D eigenvalue weighted by Crippen LogP contribution is -2.48. The SMILES string of the molecule is Cc1nsc(NS(=O)(=O)c2ccc(N3CCN(C(=O)c4ccc(Cl)cc4Cl)CC3)cc2)n1.[HH]. The van der Waals surface area contributed by atoms with Crippen molar-refractivity contribution in [2.75, 3.05) is 35.8 Å². The van der Waals surface area contributed by atoms with Crippen molar-refractivity contribution in [3.05, 3.63) is 63.9 Å². The fourth-order valence-electron chi connectivity index (χ4n) is 3.35. The van der Waals surface area contributed by atoms with Crippen molar-refractivity contribution in [2.24, 2.45) is 0 Å². The van der Waals surface area contributed by atoms with Gasteiger partial charge in [0, 0.05) is 49.8 Å². The van der Waals surface area contributed by atoms with Gasteiger partial charge in [-0.05, 0) is 49.4 Å². The molecule has 170 valence electrons. The van der Waals surface area contributed by atoms with Crippen LogP contribution in [0.4, 0.5) is 10.8 Å². The van der Waals surface area contributed by atoms with E-state index in [1.54, 1.807) is 54.3 Å². The Kier molecular flexibility index (Phi) is 6.57. The summed E-state index contributed by atoms with van der Waals surface area (Å²) in [5.74, 6) is 0.379. The maximum absolute atomic E-state index is 12.8. The van der Waals surface area contributed by atoms with Crippen LogP contribution >= 0.6 is 34.7 Å². The monoisotopic (exact) mass is 513 g/mol. The molecule has 0 bridgehead atoms.